The molecule has 0 saturated carbocycles. The monoisotopic (exact) mass is 234 g/mol. The van der Waals surface area contributed by atoms with E-state index in [1.165, 1.54) is 0 Å². The number of hydrogen-bond acceptors (Lipinski definition) is 3. The lowest BCUT2D eigenvalue weighted by atomic mass is 10.1. The second-order valence-electron chi connectivity index (χ2n) is 3.80. The van der Waals surface area contributed by atoms with Gasteiger partial charge < -0.3 is 11.1 Å². The van der Waals surface area contributed by atoms with Crippen LogP contribution in [0, 0.1) is 0 Å². The molecule has 0 radical (unpaired) electrons. The minimum atomic E-state index is -0.901. The maximum Gasteiger partial charge on any atom is 0.236 e. The van der Waals surface area contributed by atoms with Crippen molar-refractivity contribution < 1.29 is 9.00 Å². The largest absolute Gasteiger partial charge is 0.354 e. The van der Waals surface area contributed by atoms with Crippen LogP contribution in [0.5, 0.6) is 0 Å². The van der Waals surface area contributed by atoms with Crippen molar-refractivity contribution in [2.24, 2.45) is 5.73 Å². The molecule has 90 valence electrons. The molecule has 0 aromatic rings. The molecule has 15 heavy (non-hydrogen) atoms. The molecule has 0 spiro atoms. The Labute approximate surface area is 94.4 Å². The summed E-state index contributed by atoms with van der Waals surface area (Å²) in [6, 6.07) is -0.428. The van der Waals surface area contributed by atoms with E-state index in [2.05, 4.69) is 12.2 Å². The maximum atomic E-state index is 11.4. The van der Waals surface area contributed by atoms with Crippen LogP contribution in [0.1, 0.15) is 33.1 Å². The molecule has 4 nitrogen and oxygen atoms in total. The molecule has 3 N–H and O–H groups in total. The SMILES string of the molecule is CCCC[C@H](N)C(=O)NCC(C)S(C)=O. The maximum absolute atomic E-state index is 11.4. The number of nitrogens with one attached hydrogen (secondary N) is 1. The Morgan fingerprint density at radius 3 is 2.60 bits per heavy atom. The van der Waals surface area contributed by atoms with Crippen molar-refractivity contribution in [2.75, 3.05) is 12.8 Å². The summed E-state index contributed by atoms with van der Waals surface area (Å²) in [4.78, 5) is 11.4. The van der Waals surface area contributed by atoms with Crippen molar-refractivity contribution in [3.63, 3.8) is 0 Å². The average molecular weight is 234 g/mol. The van der Waals surface area contributed by atoms with Crippen molar-refractivity contribution >= 4 is 16.7 Å². The molecule has 3 atom stereocenters. The zero-order chi connectivity index (χ0) is 11.8. The number of nitrogens with two attached hydrogens (primary N) is 1. The van der Waals surface area contributed by atoms with Gasteiger partial charge >= 0.3 is 0 Å². The average Bonchev–Trinajstić information content (AvgIpc) is 2.21. The van der Waals surface area contributed by atoms with Crippen molar-refractivity contribution in [3.05, 3.63) is 0 Å². The Kier molecular flexibility index (Phi) is 7.60. The molecule has 1 amide bonds. The summed E-state index contributed by atoms with van der Waals surface area (Å²) in [6.45, 7) is 4.34. The van der Waals surface area contributed by atoms with Crippen LogP contribution in [0.25, 0.3) is 0 Å². The number of unbranched alkanes of at least 4 members (excludes halogenated alkanes) is 1. The van der Waals surface area contributed by atoms with E-state index in [-0.39, 0.29) is 11.2 Å². The highest BCUT2D eigenvalue weighted by Gasteiger charge is 2.14. The minimum Gasteiger partial charge on any atom is -0.354 e. The van der Waals surface area contributed by atoms with Gasteiger partial charge in [-0.2, -0.15) is 0 Å². The second kappa shape index (κ2) is 7.82. The summed E-state index contributed by atoms with van der Waals surface area (Å²) in [6.07, 6.45) is 4.35. The molecule has 0 aliphatic carbocycles. The van der Waals surface area contributed by atoms with E-state index in [1.54, 1.807) is 6.26 Å². The van der Waals surface area contributed by atoms with E-state index >= 15 is 0 Å². The first kappa shape index (κ1) is 14.6. The molecular formula is C10H22N2O2S. The molecule has 0 fully saturated rings. The lowest BCUT2D eigenvalue weighted by Crippen LogP contribution is -2.43. The predicted octanol–water partition coefficient (Wildman–Crippen LogP) is 0.387. The Morgan fingerprint density at radius 1 is 1.53 bits per heavy atom. The van der Waals surface area contributed by atoms with Gasteiger partial charge in [0, 0.05) is 28.9 Å². The quantitative estimate of drug-likeness (QED) is 0.669. The Bertz CT molecular complexity index is 221. The summed E-state index contributed by atoms with van der Waals surface area (Å²) in [5.74, 6) is -0.138. The minimum absolute atomic E-state index is 0.0210. The van der Waals surface area contributed by atoms with E-state index in [4.69, 9.17) is 5.73 Å². The van der Waals surface area contributed by atoms with E-state index < -0.39 is 16.8 Å². The second-order valence-corrected chi connectivity index (χ2v) is 5.61. The summed E-state index contributed by atoms with van der Waals surface area (Å²) < 4.78 is 11.0. The van der Waals surface area contributed by atoms with Crippen LogP contribution in [0.15, 0.2) is 0 Å². The molecule has 0 heterocycles. The number of amides is 1. The molecule has 0 aliphatic heterocycles. The zero-order valence-electron chi connectivity index (χ0n) is 9.79. The van der Waals surface area contributed by atoms with Crippen LogP contribution in [0.4, 0.5) is 0 Å². The normalized spacial score (nSPS) is 16.8. The van der Waals surface area contributed by atoms with Gasteiger partial charge in [0.1, 0.15) is 0 Å². The van der Waals surface area contributed by atoms with Crippen LogP contribution >= 0.6 is 0 Å². The molecule has 0 aromatic carbocycles. The molecule has 0 aliphatic rings. The molecule has 5 heteroatoms. The van der Waals surface area contributed by atoms with E-state index in [0.717, 1.165) is 12.8 Å². The van der Waals surface area contributed by atoms with Gasteiger partial charge in [-0.1, -0.05) is 19.8 Å². The van der Waals surface area contributed by atoms with Crippen LogP contribution in [-0.2, 0) is 15.6 Å². The van der Waals surface area contributed by atoms with Crippen molar-refractivity contribution in [3.8, 4) is 0 Å². The molecule has 0 saturated heterocycles. The van der Waals surface area contributed by atoms with Crippen molar-refractivity contribution in [1.29, 1.82) is 0 Å². The van der Waals surface area contributed by atoms with Gasteiger partial charge in [0.25, 0.3) is 0 Å². The van der Waals surface area contributed by atoms with Gasteiger partial charge in [0.05, 0.1) is 6.04 Å². The third-order valence-corrected chi connectivity index (χ3v) is 3.64. The number of rotatable bonds is 7. The van der Waals surface area contributed by atoms with Gasteiger partial charge in [-0.3, -0.25) is 9.00 Å². The first-order valence-corrected chi connectivity index (χ1v) is 6.96. The molecule has 2 unspecified atom stereocenters. The highest BCUT2D eigenvalue weighted by molar-refractivity contribution is 7.84. The van der Waals surface area contributed by atoms with Gasteiger partial charge in [0.15, 0.2) is 0 Å². The van der Waals surface area contributed by atoms with Crippen molar-refractivity contribution in [2.45, 2.75) is 44.4 Å². The Hall–Kier alpha value is -0.420. The number of carbonyl (C=O) groups excluding carboxylic acids is 1. The first-order chi connectivity index (χ1) is 6.99. The van der Waals surface area contributed by atoms with E-state index in [9.17, 15) is 9.00 Å². The summed E-state index contributed by atoms with van der Waals surface area (Å²) in [7, 11) is -0.901. The van der Waals surface area contributed by atoms with Gasteiger partial charge in [0.2, 0.25) is 5.91 Å². The van der Waals surface area contributed by atoms with E-state index in [1.807, 2.05) is 6.92 Å². The van der Waals surface area contributed by atoms with Crippen LogP contribution in [0.3, 0.4) is 0 Å². The lowest BCUT2D eigenvalue weighted by molar-refractivity contribution is -0.122. The third kappa shape index (κ3) is 6.62. The highest BCUT2D eigenvalue weighted by atomic mass is 32.2. The smallest absolute Gasteiger partial charge is 0.236 e. The fourth-order valence-corrected chi connectivity index (χ4v) is 1.37. The number of carbonyl (C=O) groups is 1. The Balaban J connectivity index is 3.77. The Morgan fingerprint density at radius 2 is 2.13 bits per heavy atom. The third-order valence-electron chi connectivity index (χ3n) is 2.34. The van der Waals surface area contributed by atoms with Crippen molar-refractivity contribution in [1.82, 2.24) is 5.32 Å². The molecule has 0 bridgehead atoms. The van der Waals surface area contributed by atoms with E-state index in [0.29, 0.717) is 13.0 Å². The molecule has 0 rings (SSSR count). The fraction of sp³-hybridized carbons (Fsp3) is 0.900. The van der Waals surface area contributed by atoms with Crippen LogP contribution < -0.4 is 11.1 Å². The highest BCUT2D eigenvalue weighted by Crippen LogP contribution is 1.98. The number of hydrogen-bond donors (Lipinski definition) is 2. The lowest BCUT2D eigenvalue weighted by Gasteiger charge is -2.14. The molecule has 0 aromatic heterocycles. The van der Waals surface area contributed by atoms with Crippen LogP contribution in [-0.4, -0.2) is 34.2 Å². The summed E-state index contributed by atoms with van der Waals surface area (Å²) in [5.41, 5.74) is 5.68. The molecular weight excluding hydrogens is 212 g/mol. The van der Waals surface area contributed by atoms with Gasteiger partial charge in [-0.15, -0.1) is 0 Å². The summed E-state index contributed by atoms with van der Waals surface area (Å²) in [5, 5.41) is 2.69. The topological polar surface area (TPSA) is 72.2 Å². The fourth-order valence-electron chi connectivity index (χ4n) is 1.05. The first-order valence-electron chi connectivity index (χ1n) is 5.34. The zero-order valence-corrected chi connectivity index (χ0v) is 10.6. The van der Waals surface area contributed by atoms with Gasteiger partial charge in [-0.05, 0) is 13.3 Å². The standard InChI is InChI=1S/C10H22N2O2S/c1-4-5-6-9(11)10(13)12-7-8(2)15(3)14/h8-9H,4-7,11H2,1-3H3,(H,12,13)/t8?,9-,15?/m0/s1. The van der Waals surface area contributed by atoms with Crippen LogP contribution in [0.2, 0.25) is 0 Å². The summed E-state index contributed by atoms with van der Waals surface area (Å²) >= 11 is 0. The van der Waals surface area contributed by atoms with Gasteiger partial charge in [-0.25, -0.2) is 0 Å². The predicted molar refractivity (Wildman–Crippen MR) is 64.0 cm³/mol.